The smallest absolute Gasteiger partial charge is 0.138 e. The number of nitrogens with zero attached hydrogens (tertiary/aromatic N) is 4. The summed E-state index contributed by atoms with van der Waals surface area (Å²) in [6, 6.07) is 0.652. The van der Waals surface area contributed by atoms with Crippen LogP contribution in [0.3, 0.4) is 0 Å². The molecule has 1 saturated heterocycles. The number of likely N-dealkylation sites (tertiary alicyclic amines) is 1. The van der Waals surface area contributed by atoms with Crippen molar-refractivity contribution >= 4 is 23.1 Å². The van der Waals surface area contributed by atoms with Crippen molar-refractivity contribution in [3.63, 3.8) is 0 Å². The molecule has 6 heteroatoms. The average Bonchev–Trinajstić information content (AvgIpc) is 2.65. The van der Waals surface area contributed by atoms with Crippen molar-refractivity contribution in [3.8, 4) is 0 Å². The van der Waals surface area contributed by atoms with Gasteiger partial charge < -0.3 is 4.90 Å². The molecule has 1 fully saturated rings. The van der Waals surface area contributed by atoms with Gasteiger partial charge in [-0.2, -0.15) is 0 Å². The van der Waals surface area contributed by atoms with Gasteiger partial charge >= 0.3 is 0 Å². The first-order valence-corrected chi connectivity index (χ1v) is 6.67. The van der Waals surface area contributed by atoms with E-state index in [-0.39, 0.29) is 0 Å². The highest BCUT2D eigenvalue weighted by atomic mass is 35.5. The Morgan fingerprint density at radius 2 is 2.38 bits per heavy atom. The summed E-state index contributed by atoms with van der Waals surface area (Å²) in [6.45, 7) is 3.07. The number of piperidine rings is 1. The van der Waals surface area contributed by atoms with Crippen molar-refractivity contribution in [2.75, 3.05) is 27.2 Å². The van der Waals surface area contributed by atoms with Gasteiger partial charge in [0.2, 0.25) is 0 Å². The monoisotopic (exact) mass is 260 g/mol. The molecule has 2 rings (SSSR count). The standard InChI is InChI=1S/C10H17ClN4S/c1-14(2)8-4-3-5-15(6-8)7-9-10(11)16-13-12-9/h8H,3-7H2,1-2H3. The van der Waals surface area contributed by atoms with E-state index in [9.17, 15) is 0 Å². The van der Waals surface area contributed by atoms with Crippen LogP contribution in [-0.4, -0.2) is 52.6 Å². The second-order valence-electron chi connectivity index (χ2n) is 4.49. The zero-order chi connectivity index (χ0) is 11.5. The van der Waals surface area contributed by atoms with Crippen LogP contribution in [0.4, 0.5) is 0 Å². The highest BCUT2D eigenvalue weighted by Gasteiger charge is 2.22. The van der Waals surface area contributed by atoms with Gasteiger partial charge in [-0.15, -0.1) is 5.10 Å². The number of rotatable bonds is 3. The molecule has 0 aromatic carbocycles. The van der Waals surface area contributed by atoms with E-state index in [1.165, 1.54) is 24.4 Å². The number of hydrogen-bond donors (Lipinski definition) is 0. The Hall–Kier alpha value is -0.230. The minimum absolute atomic E-state index is 0.652. The molecule has 16 heavy (non-hydrogen) atoms. The first-order valence-electron chi connectivity index (χ1n) is 5.52. The molecule has 1 atom stereocenters. The van der Waals surface area contributed by atoms with Gasteiger partial charge in [-0.3, -0.25) is 4.90 Å². The molecule has 0 spiro atoms. The highest BCUT2D eigenvalue weighted by molar-refractivity contribution is 7.10. The first kappa shape index (κ1) is 12.2. The van der Waals surface area contributed by atoms with E-state index in [2.05, 4.69) is 33.5 Å². The largest absolute Gasteiger partial charge is 0.305 e. The van der Waals surface area contributed by atoms with E-state index in [4.69, 9.17) is 11.6 Å². The summed E-state index contributed by atoms with van der Waals surface area (Å²) in [5, 5.41) is 4.06. The normalized spacial score (nSPS) is 22.9. The lowest BCUT2D eigenvalue weighted by Crippen LogP contribution is -2.44. The molecule has 0 amide bonds. The van der Waals surface area contributed by atoms with E-state index in [1.54, 1.807) is 0 Å². The van der Waals surface area contributed by atoms with Gasteiger partial charge in [0, 0.05) is 30.7 Å². The lowest BCUT2D eigenvalue weighted by molar-refractivity contribution is 0.127. The third-order valence-electron chi connectivity index (χ3n) is 3.09. The maximum absolute atomic E-state index is 6.01. The Morgan fingerprint density at radius 3 is 3.00 bits per heavy atom. The predicted molar refractivity (Wildman–Crippen MR) is 66.9 cm³/mol. The van der Waals surface area contributed by atoms with Gasteiger partial charge in [-0.1, -0.05) is 16.1 Å². The molecule has 4 nitrogen and oxygen atoms in total. The third-order valence-corrected chi connectivity index (χ3v) is 4.08. The summed E-state index contributed by atoms with van der Waals surface area (Å²) >= 11 is 7.28. The van der Waals surface area contributed by atoms with Crippen molar-refractivity contribution in [1.82, 2.24) is 19.4 Å². The topological polar surface area (TPSA) is 32.3 Å². The minimum atomic E-state index is 0.652. The fourth-order valence-electron chi connectivity index (χ4n) is 2.10. The number of halogens is 1. The molecule has 0 aliphatic carbocycles. The Bertz CT molecular complexity index is 341. The fraction of sp³-hybridized carbons (Fsp3) is 0.800. The summed E-state index contributed by atoms with van der Waals surface area (Å²) in [5.41, 5.74) is 0.922. The Labute approximate surface area is 105 Å². The predicted octanol–water partition coefficient (Wildman–Crippen LogP) is 1.72. The Kier molecular flexibility index (Phi) is 4.13. The second kappa shape index (κ2) is 5.40. The molecule has 1 unspecified atom stereocenters. The van der Waals surface area contributed by atoms with E-state index < -0.39 is 0 Å². The van der Waals surface area contributed by atoms with Gasteiger partial charge in [0.1, 0.15) is 10.0 Å². The molecule has 1 aliphatic rings. The van der Waals surface area contributed by atoms with E-state index in [0.717, 1.165) is 29.7 Å². The van der Waals surface area contributed by atoms with Gasteiger partial charge in [0.15, 0.2) is 0 Å². The molecule has 1 aliphatic heterocycles. The third kappa shape index (κ3) is 2.91. The Morgan fingerprint density at radius 1 is 1.56 bits per heavy atom. The SMILES string of the molecule is CN(C)C1CCCN(Cc2nnsc2Cl)C1. The Balaban J connectivity index is 1.93. The number of aromatic nitrogens is 2. The lowest BCUT2D eigenvalue weighted by atomic mass is 10.0. The highest BCUT2D eigenvalue weighted by Crippen LogP contribution is 2.21. The summed E-state index contributed by atoms with van der Waals surface area (Å²) in [6.07, 6.45) is 2.53. The molecule has 0 saturated carbocycles. The molecule has 1 aromatic heterocycles. The molecule has 1 aromatic rings. The average molecular weight is 261 g/mol. The molecular formula is C10H17ClN4S. The maximum atomic E-state index is 6.01. The van der Waals surface area contributed by atoms with Crippen LogP contribution in [0.1, 0.15) is 18.5 Å². The molecule has 2 heterocycles. The lowest BCUT2D eigenvalue weighted by Gasteiger charge is -2.35. The van der Waals surface area contributed by atoms with Gasteiger partial charge in [-0.05, 0) is 33.5 Å². The van der Waals surface area contributed by atoms with Crippen molar-refractivity contribution in [2.45, 2.75) is 25.4 Å². The molecular weight excluding hydrogens is 244 g/mol. The summed E-state index contributed by atoms with van der Waals surface area (Å²) in [5.74, 6) is 0. The summed E-state index contributed by atoms with van der Waals surface area (Å²) in [7, 11) is 4.29. The van der Waals surface area contributed by atoms with Gasteiger partial charge in [0.25, 0.3) is 0 Å². The van der Waals surface area contributed by atoms with E-state index >= 15 is 0 Å². The number of hydrogen-bond acceptors (Lipinski definition) is 5. The maximum Gasteiger partial charge on any atom is 0.138 e. The summed E-state index contributed by atoms with van der Waals surface area (Å²) < 4.78 is 4.59. The first-order chi connectivity index (χ1) is 7.66. The van der Waals surface area contributed by atoms with Crippen LogP contribution in [0.15, 0.2) is 0 Å². The van der Waals surface area contributed by atoms with Gasteiger partial charge in [-0.25, -0.2) is 0 Å². The minimum Gasteiger partial charge on any atom is -0.305 e. The zero-order valence-electron chi connectivity index (χ0n) is 9.69. The number of likely N-dealkylation sites (N-methyl/N-ethyl adjacent to an activating group) is 1. The van der Waals surface area contributed by atoms with Crippen molar-refractivity contribution in [2.24, 2.45) is 0 Å². The van der Waals surface area contributed by atoms with Crippen LogP contribution in [0, 0.1) is 0 Å². The quantitative estimate of drug-likeness (QED) is 0.829. The van der Waals surface area contributed by atoms with Crippen LogP contribution in [0.25, 0.3) is 0 Å². The second-order valence-corrected chi connectivity index (χ2v) is 5.84. The van der Waals surface area contributed by atoms with Crippen LogP contribution < -0.4 is 0 Å². The molecule has 0 N–H and O–H groups in total. The van der Waals surface area contributed by atoms with E-state index in [0.29, 0.717) is 6.04 Å². The molecule has 0 bridgehead atoms. The van der Waals surface area contributed by atoms with Crippen LogP contribution >= 0.6 is 23.1 Å². The fourth-order valence-corrected chi connectivity index (χ4v) is 2.71. The van der Waals surface area contributed by atoms with Crippen molar-refractivity contribution in [3.05, 3.63) is 10.0 Å². The van der Waals surface area contributed by atoms with Crippen LogP contribution in [0.2, 0.25) is 4.34 Å². The molecule has 0 radical (unpaired) electrons. The molecule has 90 valence electrons. The van der Waals surface area contributed by atoms with E-state index in [1.807, 2.05) is 0 Å². The van der Waals surface area contributed by atoms with Crippen molar-refractivity contribution < 1.29 is 0 Å². The zero-order valence-corrected chi connectivity index (χ0v) is 11.3. The van der Waals surface area contributed by atoms with Crippen LogP contribution in [0.5, 0.6) is 0 Å². The van der Waals surface area contributed by atoms with Gasteiger partial charge in [0.05, 0.1) is 0 Å². The van der Waals surface area contributed by atoms with Crippen molar-refractivity contribution in [1.29, 1.82) is 0 Å². The summed E-state index contributed by atoms with van der Waals surface area (Å²) in [4.78, 5) is 4.71. The van der Waals surface area contributed by atoms with Crippen LogP contribution in [-0.2, 0) is 6.54 Å².